The first-order valence-electron chi connectivity index (χ1n) is 7.18. The number of hydrogen-bond acceptors (Lipinski definition) is 9. The maximum Gasteiger partial charge on any atom is 0.277 e. The normalized spacial score (nSPS) is 17.3. The molecule has 0 aromatic carbocycles. The Kier molecular flexibility index (Phi) is 5.49. The highest BCUT2D eigenvalue weighted by molar-refractivity contribution is 7.15. The molecule has 2 aromatic rings. The predicted molar refractivity (Wildman–Crippen MR) is 88.2 cm³/mol. The highest BCUT2D eigenvalue weighted by Gasteiger charge is 2.17. The Morgan fingerprint density at radius 3 is 3.17 bits per heavy atom. The molecule has 8 nitrogen and oxygen atoms in total. The maximum absolute atomic E-state index is 12.1. The fraction of sp³-hybridized carbons (Fsp3) is 0.538. The molecule has 0 saturated carbocycles. The second kappa shape index (κ2) is 7.77. The molecule has 124 valence electrons. The first-order chi connectivity index (χ1) is 11.2. The molecule has 0 unspecified atom stereocenters. The third-order valence-electron chi connectivity index (χ3n) is 3.20. The molecule has 0 radical (unpaired) electrons. The Labute approximate surface area is 141 Å². The second-order valence-corrected chi connectivity index (χ2v) is 6.86. The number of anilines is 2. The van der Waals surface area contributed by atoms with E-state index in [1.165, 1.54) is 22.7 Å². The van der Waals surface area contributed by atoms with Crippen molar-refractivity contribution in [1.82, 2.24) is 15.2 Å². The molecule has 3 heterocycles. The summed E-state index contributed by atoms with van der Waals surface area (Å²) >= 11 is 2.67. The highest BCUT2D eigenvalue weighted by Crippen LogP contribution is 2.20. The lowest BCUT2D eigenvalue weighted by atomic mass is 10.2. The summed E-state index contributed by atoms with van der Waals surface area (Å²) in [7, 11) is 1.58. The van der Waals surface area contributed by atoms with E-state index in [0.29, 0.717) is 34.1 Å². The number of hydrogen-bond donors (Lipinski definition) is 2. The number of ether oxygens (including phenoxy) is 2. The molecule has 2 N–H and O–H groups in total. The monoisotopic (exact) mass is 355 g/mol. The van der Waals surface area contributed by atoms with Crippen LogP contribution in [0.5, 0.6) is 0 Å². The zero-order valence-electron chi connectivity index (χ0n) is 12.6. The third-order valence-corrected chi connectivity index (χ3v) is 4.81. The van der Waals surface area contributed by atoms with E-state index in [1.807, 2.05) is 0 Å². The SMILES string of the molecule is COCc1nnc(NC(=O)c2csc(NC[C@H]3CCCO3)n2)s1. The Morgan fingerprint density at radius 2 is 2.39 bits per heavy atom. The summed E-state index contributed by atoms with van der Waals surface area (Å²) < 4.78 is 10.5. The lowest BCUT2D eigenvalue weighted by molar-refractivity contribution is 0.102. The van der Waals surface area contributed by atoms with Crippen molar-refractivity contribution in [2.24, 2.45) is 0 Å². The van der Waals surface area contributed by atoms with Gasteiger partial charge in [-0.3, -0.25) is 10.1 Å². The van der Waals surface area contributed by atoms with Crippen molar-refractivity contribution in [3.05, 3.63) is 16.1 Å². The Balaban J connectivity index is 1.52. The van der Waals surface area contributed by atoms with E-state index in [0.717, 1.165) is 19.4 Å². The smallest absolute Gasteiger partial charge is 0.277 e. The minimum absolute atomic E-state index is 0.233. The number of amides is 1. The zero-order chi connectivity index (χ0) is 16.1. The van der Waals surface area contributed by atoms with Crippen LogP contribution in [0, 0.1) is 0 Å². The number of thiazole rings is 1. The van der Waals surface area contributed by atoms with Gasteiger partial charge in [0.1, 0.15) is 17.3 Å². The van der Waals surface area contributed by atoms with Gasteiger partial charge in [-0.25, -0.2) is 4.98 Å². The van der Waals surface area contributed by atoms with Crippen LogP contribution in [0.15, 0.2) is 5.38 Å². The van der Waals surface area contributed by atoms with Gasteiger partial charge < -0.3 is 14.8 Å². The molecule has 1 aliphatic heterocycles. The van der Waals surface area contributed by atoms with Gasteiger partial charge in [0.2, 0.25) is 5.13 Å². The summed E-state index contributed by atoms with van der Waals surface area (Å²) in [6, 6.07) is 0. The lowest BCUT2D eigenvalue weighted by Crippen LogP contribution is -2.18. The van der Waals surface area contributed by atoms with Crippen molar-refractivity contribution in [2.45, 2.75) is 25.6 Å². The van der Waals surface area contributed by atoms with Crippen LogP contribution in [-0.2, 0) is 16.1 Å². The predicted octanol–water partition coefficient (Wildman–Crippen LogP) is 1.98. The number of methoxy groups -OCH3 is 1. The molecular weight excluding hydrogens is 338 g/mol. The van der Waals surface area contributed by atoms with E-state index in [2.05, 4.69) is 25.8 Å². The van der Waals surface area contributed by atoms with Crippen LogP contribution < -0.4 is 10.6 Å². The molecule has 1 amide bonds. The van der Waals surface area contributed by atoms with Crippen molar-refractivity contribution in [2.75, 3.05) is 30.9 Å². The van der Waals surface area contributed by atoms with Crippen molar-refractivity contribution in [3.63, 3.8) is 0 Å². The molecular formula is C13H17N5O3S2. The number of carbonyl (C=O) groups excluding carboxylic acids is 1. The average Bonchev–Trinajstić information content (AvgIpc) is 3.27. The van der Waals surface area contributed by atoms with Crippen LogP contribution in [0.25, 0.3) is 0 Å². The number of rotatable bonds is 7. The van der Waals surface area contributed by atoms with Crippen LogP contribution in [0.2, 0.25) is 0 Å². The molecule has 10 heteroatoms. The van der Waals surface area contributed by atoms with Gasteiger partial charge in [-0.1, -0.05) is 11.3 Å². The standard InChI is InChI=1S/C13H17N5O3S2/c1-20-6-10-17-18-13(23-10)16-11(19)9-7-22-12(15-9)14-5-8-3-2-4-21-8/h7-8H,2-6H2,1H3,(H,14,15)(H,16,18,19)/t8-/m1/s1. The second-order valence-electron chi connectivity index (χ2n) is 4.94. The van der Waals surface area contributed by atoms with Gasteiger partial charge in [-0.2, -0.15) is 0 Å². The summed E-state index contributed by atoms with van der Waals surface area (Å²) in [5, 5.41) is 17.3. The van der Waals surface area contributed by atoms with Crippen LogP contribution in [0.3, 0.4) is 0 Å². The van der Waals surface area contributed by atoms with Gasteiger partial charge in [0.05, 0.1) is 6.10 Å². The Bertz CT molecular complexity index is 654. The molecule has 1 saturated heterocycles. The zero-order valence-corrected chi connectivity index (χ0v) is 14.2. The number of nitrogens with zero attached hydrogens (tertiary/aromatic N) is 3. The van der Waals surface area contributed by atoms with Crippen molar-refractivity contribution in [1.29, 1.82) is 0 Å². The Morgan fingerprint density at radius 1 is 1.48 bits per heavy atom. The minimum atomic E-state index is -0.300. The first kappa shape index (κ1) is 16.2. The van der Waals surface area contributed by atoms with Crippen LogP contribution in [-0.4, -0.2) is 47.5 Å². The van der Waals surface area contributed by atoms with Crippen LogP contribution in [0.1, 0.15) is 28.3 Å². The van der Waals surface area contributed by atoms with E-state index in [4.69, 9.17) is 9.47 Å². The van der Waals surface area contributed by atoms with Gasteiger partial charge in [0, 0.05) is 25.6 Å². The number of nitrogens with one attached hydrogen (secondary N) is 2. The topological polar surface area (TPSA) is 98.3 Å². The van der Waals surface area contributed by atoms with E-state index >= 15 is 0 Å². The van der Waals surface area contributed by atoms with E-state index in [1.54, 1.807) is 12.5 Å². The molecule has 1 fully saturated rings. The maximum atomic E-state index is 12.1. The minimum Gasteiger partial charge on any atom is -0.377 e. The van der Waals surface area contributed by atoms with Gasteiger partial charge in [-0.15, -0.1) is 21.5 Å². The van der Waals surface area contributed by atoms with Crippen molar-refractivity contribution >= 4 is 38.8 Å². The fourth-order valence-electron chi connectivity index (χ4n) is 2.11. The Hall–Kier alpha value is -1.62. The molecule has 1 aliphatic rings. The summed E-state index contributed by atoms with van der Waals surface area (Å²) in [5.41, 5.74) is 0.355. The van der Waals surface area contributed by atoms with Crippen LogP contribution in [0.4, 0.5) is 10.3 Å². The van der Waals surface area contributed by atoms with Gasteiger partial charge in [0.25, 0.3) is 5.91 Å². The van der Waals surface area contributed by atoms with E-state index in [9.17, 15) is 4.79 Å². The van der Waals surface area contributed by atoms with Crippen molar-refractivity contribution < 1.29 is 14.3 Å². The van der Waals surface area contributed by atoms with Crippen LogP contribution >= 0.6 is 22.7 Å². The molecule has 2 aromatic heterocycles. The summed E-state index contributed by atoms with van der Waals surface area (Å²) in [5.74, 6) is -0.300. The van der Waals surface area contributed by atoms with Crippen molar-refractivity contribution in [3.8, 4) is 0 Å². The van der Waals surface area contributed by atoms with Gasteiger partial charge in [-0.05, 0) is 12.8 Å². The fourth-order valence-corrected chi connectivity index (χ4v) is 3.52. The van der Waals surface area contributed by atoms with Gasteiger partial charge >= 0.3 is 0 Å². The largest absolute Gasteiger partial charge is 0.377 e. The molecule has 0 spiro atoms. The highest BCUT2D eigenvalue weighted by atomic mass is 32.1. The summed E-state index contributed by atoms with van der Waals surface area (Å²) in [6.07, 6.45) is 2.40. The molecule has 1 atom stereocenters. The third kappa shape index (κ3) is 4.44. The first-order valence-corrected chi connectivity index (χ1v) is 8.88. The molecule has 3 rings (SSSR count). The number of aromatic nitrogens is 3. The molecule has 0 aliphatic carbocycles. The average molecular weight is 355 g/mol. The lowest BCUT2D eigenvalue weighted by Gasteiger charge is -2.08. The molecule has 23 heavy (non-hydrogen) atoms. The molecule has 0 bridgehead atoms. The summed E-state index contributed by atoms with van der Waals surface area (Å²) in [6.45, 7) is 1.91. The van der Waals surface area contributed by atoms with E-state index < -0.39 is 0 Å². The quantitative estimate of drug-likeness (QED) is 0.783. The van der Waals surface area contributed by atoms with Gasteiger partial charge in [0.15, 0.2) is 5.13 Å². The number of carbonyl (C=O) groups is 1. The van der Waals surface area contributed by atoms with E-state index in [-0.39, 0.29) is 12.0 Å². The summed E-state index contributed by atoms with van der Waals surface area (Å²) in [4.78, 5) is 16.4.